The van der Waals surface area contributed by atoms with Crippen molar-refractivity contribution in [3.05, 3.63) is 137 Å². The quantitative estimate of drug-likeness (QED) is 0.133. The average molecular weight is 820 g/mol. The van der Waals surface area contributed by atoms with Crippen LogP contribution in [-0.2, 0) is 22.2 Å². The molecule has 312 valence electrons. The summed E-state index contributed by atoms with van der Waals surface area (Å²) in [7, 11) is 0. The molecule has 5 aromatic carbocycles. The molecule has 1 heterocycles. The van der Waals surface area contributed by atoms with Gasteiger partial charge in [0.15, 0.2) is 5.69 Å². The molecule has 3 amide bonds. The molecule has 1 aliphatic rings. The summed E-state index contributed by atoms with van der Waals surface area (Å²) in [6.45, 7) is 11.1. The number of aromatic nitrogens is 2. The van der Waals surface area contributed by atoms with E-state index >= 15 is 0 Å². The van der Waals surface area contributed by atoms with Crippen LogP contribution in [0, 0.1) is 5.92 Å². The van der Waals surface area contributed by atoms with E-state index in [1.165, 1.54) is 12.1 Å². The van der Waals surface area contributed by atoms with Gasteiger partial charge in [-0.15, -0.1) is 0 Å². The molecule has 1 aliphatic carbocycles. The summed E-state index contributed by atoms with van der Waals surface area (Å²) >= 11 is 0. The first-order valence-corrected chi connectivity index (χ1v) is 19.9. The number of benzene rings is 5. The van der Waals surface area contributed by atoms with E-state index in [4.69, 9.17) is 9.47 Å². The lowest BCUT2D eigenvalue weighted by atomic mass is 9.89. The van der Waals surface area contributed by atoms with E-state index in [2.05, 4.69) is 33.9 Å². The highest BCUT2D eigenvalue weighted by Gasteiger charge is 2.38. The molecule has 2 N–H and O–H groups in total. The number of rotatable bonds is 10. The molecule has 1 atom stereocenters. The lowest BCUT2D eigenvalue weighted by Gasteiger charge is -2.35. The van der Waals surface area contributed by atoms with E-state index in [-0.39, 0.29) is 23.8 Å². The summed E-state index contributed by atoms with van der Waals surface area (Å²) in [5.41, 5.74) is -0.615. The van der Waals surface area contributed by atoms with Crippen molar-refractivity contribution in [3.63, 3.8) is 0 Å². The predicted octanol–water partition coefficient (Wildman–Crippen LogP) is 11.2. The molecule has 60 heavy (non-hydrogen) atoms. The number of carbonyl (C=O) groups is 3. The van der Waals surface area contributed by atoms with E-state index < -0.39 is 47.2 Å². The Morgan fingerprint density at radius 2 is 1.45 bits per heavy atom. The van der Waals surface area contributed by atoms with Gasteiger partial charge in [0.1, 0.15) is 16.9 Å². The number of fused-ring (bicyclic) bond motifs is 3. The summed E-state index contributed by atoms with van der Waals surface area (Å²) < 4.78 is 54.7. The average Bonchev–Trinajstić information content (AvgIpc) is 3.88. The van der Waals surface area contributed by atoms with Crippen LogP contribution >= 0.6 is 0 Å². The maximum atomic E-state index is 14.3. The Balaban J connectivity index is 1.28. The molecule has 10 nitrogen and oxygen atoms in total. The molecule has 7 rings (SSSR count). The monoisotopic (exact) mass is 819 g/mol. The first-order chi connectivity index (χ1) is 28.3. The van der Waals surface area contributed by atoms with Crippen LogP contribution < -0.4 is 10.6 Å². The van der Waals surface area contributed by atoms with E-state index in [1.807, 2.05) is 63.2 Å². The molecule has 13 heteroatoms. The largest absolute Gasteiger partial charge is 0.444 e. The van der Waals surface area contributed by atoms with Crippen LogP contribution in [0.4, 0.5) is 28.4 Å². The fraction of sp³-hybridized carbons (Fsp3) is 0.319. The van der Waals surface area contributed by atoms with Crippen LogP contribution in [0.2, 0.25) is 0 Å². The van der Waals surface area contributed by atoms with Crippen LogP contribution in [0.3, 0.4) is 0 Å². The normalized spacial score (nSPS) is 13.8. The van der Waals surface area contributed by atoms with Gasteiger partial charge in [-0.25, -0.2) is 14.3 Å². The topological polar surface area (TPSA) is 115 Å². The maximum Gasteiger partial charge on any atom is 0.435 e. The second-order valence-electron chi connectivity index (χ2n) is 17.1. The van der Waals surface area contributed by atoms with E-state index in [0.29, 0.717) is 29.4 Å². The molecule has 0 aliphatic heterocycles. The van der Waals surface area contributed by atoms with Crippen LogP contribution in [0.15, 0.2) is 109 Å². The Hall–Kier alpha value is -6.37. The zero-order valence-electron chi connectivity index (χ0n) is 34.4. The molecule has 1 unspecified atom stereocenters. The van der Waals surface area contributed by atoms with Crippen molar-refractivity contribution in [2.24, 2.45) is 5.92 Å². The molecular formula is C47H48F3N5O5. The van der Waals surface area contributed by atoms with Gasteiger partial charge in [0.2, 0.25) is 0 Å². The zero-order chi connectivity index (χ0) is 43.0. The molecule has 0 radical (unpaired) electrons. The minimum Gasteiger partial charge on any atom is -0.444 e. The molecule has 1 saturated carbocycles. The Kier molecular flexibility index (Phi) is 11.4. The van der Waals surface area contributed by atoms with Crippen molar-refractivity contribution >= 4 is 45.3 Å². The van der Waals surface area contributed by atoms with Crippen LogP contribution in [0.25, 0.3) is 27.2 Å². The van der Waals surface area contributed by atoms with Gasteiger partial charge in [0.25, 0.3) is 5.91 Å². The highest BCUT2D eigenvalue weighted by atomic mass is 19.4. The van der Waals surface area contributed by atoms with Gasteiger partial charge < -0.3 is 20.1 Å². The summed E-state index contributed by atoms with van der Waals surface area (Å²) in [5, 5.41) is 13.2. The Morgan fingerprint density at radius 3 is 2.13 bits per heavy atom. The minimum absolute atomic E-state index is 0.0131. The molecule has 0 saturated heterocycles. The number of alkyl halides is 3. The third-order valence-corrected chi connectivity index (χ3v) is 9.87. The number of hydrogen-bond acceptors (Lipinski definition) is 6. The van der Waals surface area contributed by atoms with Crippen molar-refractivity contribution in [2.45, 2.75) is 84.3 Å². The fourth-order valence-corrected chi connectivity index (χ4v) is 7.17. The third-order valence-electron chi connectivity index (χ3n) is 9.87. The highest BCUT2D eigenvalue weighted by Crippen LogP contribution is 2.41. The number of halogens is 3. The first kappa shape index (κ1) is 41.8. The van der Waals surface area contributed by atoms with Crippen molar-refractivity contribution < 1.29 is 37.0 Å². The second-order valence-corrected chi connectivity index (χ2v) is 17.1. The minimum atomic E-state index is -4.85. The Bertz CT molecular complexity index is 2570. The Labute approximate surface area is 346 Å². The lowest BCUT2D eigenvalue weighted by molar-refractivity contribution is -0.141. The zero-order valence-corrected chi connectivity index (χ0v) is 34.4. The highest BCUT2D eigenvalue weighted by molar-refractivity contribution is 6.09. The number of nitrogens with one attached hydrogen (secondary N) is 2. The molecule has 1 aromatic heterocycles. The van der Waals surface area contributed by atoms with Gasteiger partial charge in [-0.3, -0.25) is 9.69 Å². The van der Waals surface area contributed by atoms with E-state index in [1.54, 1.807) is 56.0 Å². The summed E-state index contributed by atoms with van der Waals surface area (Å²) in [5.74, 6) is -0.563. The summed E-state index contributed by atoms with van der Waals surface area (Å²) in [6, 6.07) is 31.5. The summed E-state index contributed by atoms with van der Waals surface area (Å²) in [6.07, 6.45) is -4.06. The van der Waals surface area contributed by atoms with Gasteiger partial charge >= 0.3 is 18.4 Å². The standard InChI is InChI=1S/C47H48F3N5O5/c1-45(2,3)59-43(57)51-27-30-13-11-17-34(23-30)55-39(26-40(53-55)47(48,49)50)42(56)52-33-16-12-15-32(24-33)41(54(28-29-21-22-29)44(58)60-46(4,5)6)38-25-31-14-7-8-18-35(31)36-19-9-10-20-37(36)38/h7-20,23-26,29,41H,21-22,27-28H2,1-6H3,(H,51,57)(H,52,56). The predicted molar refractivity (Wildman–Crippen MR) is 225 cm³/mol. The lowest BCUT2D eigenvalue weighted by Crippen LogP contribution is -2.41. The molecule has 0 spiro atoms. The third kappa shape index (κ3) is 9.90. The van der Waals surface area contributed by atoms with Crippen molar-refractivity contribution in [2.75, 3.05) is 11.9 Å². The van der Waals surface area contributed by atoms with Crippen molar-refractivity contribution in [3.8, 4) is 5.69 Å². The summed E-state index contributed by atoms with van der Waals surface area (Å²) in [4.78, 5) is 42.4. The number of anilines is 1. The van der Waals surface area contributed by atoms with Crippen molar-refractivity contribution in [1.29, 1.82) is 0 Å². The van der Waals surface area contributed by atoms with E-state index in [9.17, 15) is 27.6 Å². The number of hydrogen-bond donors (Lipinski definition) is 2. The van der Waals surface area contributed by atoms with Gasteiger partial charge in [0.05, 0.1) is 11.7 Å². The maximum absolute atomic E-state index is 14.3. The van der Waals surface area contributed by atoms with Crippen LogP contribution in [0.5, 0.6) is 0 Å². The second kappa shape index (κ2) is 16.4. The smallest absolute Gasteiger partial charge is 0.435 e. The molecule has 0 bridgehead atoms. The molecular weight excluding hydrogens is 772 g/mol. The number of amides is 3. The first-order valence-electron chi connectivity index (χ1n) is 19.9. The van der Waals surface area contributed by atoms with Crippen LogP contribution in [-0.4, -0.2) is 50.5 Å². The van der Waals surface area contributed by atoms with Gasteiger partial charge in [-0.05, 0) is 129 Å². The number of nitrogens with zero attached hydrogens (tertiary/aromatic N) is 3. The number of alkyl carbamates (subject to hydrolysis) is 1. The van der Waals surface area contributed by atoms with Gasteiger partial charge in [0, 0.05) is 24.8 Å². The molecule has 1 fully saturated rings. The fourth-order valence-electron chi connectivity index (χ4n) is 7.17. The van der Waals surface area contributed by atoms with Crippen LogP contribution in [0.1, 0.15) is 93.3 Å². The number of carbonyl (C=O) groups excluding carboxylic acids is 3. The van der Waals surface area contributed by atoms with Crippen molar-refractivity contribution in [1.82, 2.24) is 20.0 Å². The SMILES string of the molecule is CC(C)(C)OC(=O)NCc1cccc(-n2nc(C(F)(F)F)cc2C(=O)Nc2cccc(C(c3cc4ccccc4c4ccccc34)N(CC3CC3)C(=O)OC(C)(C)C)c2)c1. The van der Waals surface area contributed by atoms with E-state index in [0.717, 1.165) is 44.6 Å². The van der Waals surface area contributed by atoms with Gasteiger partial charge in [-0.1, -0.05) is 72.8 Å². The number of ether oxygens (including phenoxy) is 2. The Morgan fingerprint density at radius 1 is 0.783 bits per heavy atom. The van der Waals surface area contributed by atoms with Gasteiger partial charge in [-0.2, -0.15) is 18.3 Å². The molecule has 6 aromatic rings.